The second-order valence-electron chi connectivity index (χ2n) is 4.95. The Bertz CT molecular complexity index is 568. The van der Waals surface area contributed by atoms with E-state index in [1.54, 1.807) is 31.2 Å². The second kappa shape index (κ2) is 5.86. The second-order valence-corrected chi connectivity index (χ2v) is 4.95. The van der Waals surface area contributed by atoms with E-state index in [2.05, 4.69) is 5.32 Å². The molecule has 0 saturated carbocycles. The lowest BCUT2D eigenvalue weighted by molar-refractivity contribution is -0.146. The van der Waals surface area contributed by atoms with Gasteiger partial charge in [0.1, 0.15) is 5.82 Å². The summed E-state index contributed by atoms with van der Waals surface area (Å²) in [7, 11) is 0. The SMILES string of the molecule is Cc1ccc(NC(=O)[C@H]2CC=CC[C@@H]2C(=O)O)cc1F. The number of hydrogen-bond donors (Lipinski definition) is 2. The zero-order valence-electron chi connectivity index (χ0n) is 11.1. The molecule has 0 aliphatic heterocycles. The first-order valence-electron chi connectivity index (χ1n) is 6.44. The minimum absolute atomic E-state index is 0.343. The van der Waals surface area contributed by atoms with Crippen molar-refractivity contribution in [3.63, 3.8) is 0 Å². The van der Waals surface area contributed by atoms with Crippen molar-refractivity contribution in [2.45, 2.75) is 19.8 Å². The summed E-state index contributed by atoms with van der Waals surface area (Å²) in [5.74, 6) is -3.12. The summed E-state index contributed by atoms with van der Waals surface area (Å²) < 4.78 is 13.4. The van der Waals surface area contributed by atoms with E-state index >= 15 is 0 Å². The molecule has 1 aliphatic carbocycles. The molecule has 2 rings (SSSR count). The van der Waals surface area contributed by atoms with Crippen molar-refractivity contribution in [3.8, 4) is 0 Å². The number of amides is 1. The van der Waals surface area contributed by atoms with Crippen molar-refractivity contribution < 1.29 is 19.1 Å². The smallest absolute Gasteiger partial charge is 0.307 e. The lowest BCUT2D eigenvalue weighted by atomic mass is 9.82. The van der Waals surface area contributed by atoms with Gasteiger partial charge in [-0.15, -0.1) is 0 Å². The van der Waals surface area contributed by atoms with Gasteiger partial charge in [0.25, 0.3) is 0 Å². The average Bonchev–Trinajstić information content (AvgIpc) is 2.43. The fourth-order valence-corrected chi connectivity index (χ4v) is 2.28. The van der Waals surface area contributed by atoms with Gasteiger partial charge in [-0.2, -0.15) is 0 Å². The number of allylic oxidation sites excluding steroid dienone is 2. The van der Waals surface area contributed by atoms with E-state index in [1.807, 2.05) is 0 Å². The van der Waals surface area contributed by atoms with Gasteiger partial charge in [0.15, 0.2) is 0 Å². The number of anilines is 1. The van der Waals surface area contributed by atoms with Gasteiger partial charge in [0.2, 0.25) is 5.91 Å². The molecule has 4 nitrogen and oxygen atoms in total. The fourth-order valence-electron chi connectivity index (χ4n) is 2.28. The Kier molecular flexibility index (Phi) is 4.17. The molecule has 1 aromatic rings. The first-order chi connectivity index (χ1) is 9.49. The summed E-state index contributed by atoms with van der Waals surface area (Å²) in [6.45, 7) is 1.63. The van der Waals surface area contributed by atoms with Gasteiger partial charge in [-0.05, 0) is 37.5 Å². The maximum Gasteiger partial charge on any atom is 0.307 e. The van der Waals surface area contributed by atoms with E-state index in [0.29, 0.717) is 24.1 Å². The zero-order valence-corrected chi connectivity index (χ0v) is 11.1. The van der Waals surface area contributed by atoms with E-state index in [9.17, 15) is 14.0 Å². The van der Waals surface area contributed by atoms with Gasteiger partial charge < -0.3 is 10.4 Å². The number of aliphatic carboxylic acids is 1. The molecule has 1 amide bonds. The number of carboxylic acid groups (broad SMARTS) is 1. The average molecular weight is 277 g/mol. The topological polar surface area (TPSA) is 66.4 Å². The molecule has 2 atom stereocenters. The number of hydrogen-bond acceptors (Lipinski definition) is 2. The molecule has 2 N–H and O–H groups in total. The van der Waals surface area contributed by atoms with Crippen molar-refractivity contribution in [1.29, 1.82) is 0 Å². The van der Waals surface area contributed by atoms with E-state index in [-0.39, 0.29) is 5.91 Å². The molecule has 1 aromatic carbocycles. The van der Waals surface area contributed by atoms with E-state index in [1.165, 1.54) is 6.07 Å². The molecule has 0 aromatic heterocycles. The number of nitrogens with one attached hydrogen (secondary N) is 1. The summed E-state index contributed by atoms with van der Waals surface area (Å²) in [5.41, 5.74) is 0.837. The highest BCUT2D eigenvalue weighted by atomic mass is 19.1. The molecule has 0 unspecified atom stereocenters. The largest absolute Gasteiger partial charge is 0.481 e. The Hall–Kier alpha value is -2.17. The number of benzene rings is 1. The molecule has 0 heterocycles. The van der Waals surface area contributed by atoms with Gasteiger partial charge in [-0.3, -0.25) is 9.59 Å². The van der Waals surface area contributed by atoms with Crippen LogP contribution in [0.3, 0.4) is 0 Å². The molecule has 0 fully saturated rings. The van der Waals surface area contributed by atoms with Gasteiger partial charge in [0, 0.05) is 5.69 Å². The van der Waals surface area contributed by atoms with Crippen LogP contribution in [-0.2, 0) is 9.59 Å². The predicted molar refractivity (Wildman–Crippen MR) is 72.8 cm³/mol. The van der Waals surface area contributed by atoms with Crippen molar-refractivity contribution in [2.75, 3.05) is 5.32 Å². The van der Waals surface area contributed by atoms with Crippen LogP contribution in [0, 0.1) is 24.6 Å². The molecular formula is C15H16FNO3. The van der Waals surface area contributed by atoms with Crippen LogP contribution in [-0.4, -0.2) is 17.0 Å². The van der Waals surface area contributed by atoms with Gasteiger partial charge in [-0.1, -0.05) is 18.2 Å². The van der Waals surface area contributed by atoms with Gasteiger partial charge in [-0.25, -0.2) is 4.39 Å². The summed E-state index contributed by atoms with van der Waals surface area (Å²) in [6.07, 6.45) is 4.31. The molecule has 20 heavy (non-hydrogen) atoms. The number of aryl methyl sites for hydroxylation is 1. The normalized spacial score (nSPS) is 21.5. The summed E-state index contributed by atoms with van der Waals surface area (Å²) >= 11 is 0. The molecule has 5 heteroatoms. The molecule has 0 radical (unpaired) electrons. The third-order valence-corrected chi connectivity index (χ3v) is 3.53. The highest BCUT2D eigenvalue weighted by Crippen LogP contribution is 2.27. The first kappa shape index (κ1) is 14.2. The maximum atomic E-state index is 13.4. The number of carbonyl (C=O) groups is 2. The van der Waals surface area contributed by atoms with Crippen LogP contribution in [0.25, 0.3) is 0 Å². The maximum absolute atomic E-state index is 13.4. The summed E-state index contributed by atoms with van der Waals surface area (Å²) in [6, 6.07) is 4.41. The van der Waals surface area contributed by atoms with Crippen molar-refractivity contribution in [1.82, 2.24) is 0 Å². The van der Waals surface area contributed by atoms with Crippen molar-refractivity contribution in [2.24, 2.45) is 11.8 Å². The van der Waals surface area contributed by atoms with Gasteiger partial charge >= 0.3 is 5.97 Å². The van der Waals surface area contributed by atoms with Crippen LogP contribution in [0.15, 0.2) is 30.4 Å². The molecule has 0 bridgehead atoms. The molecule has 0 spiro atoms. The molecule has 1 aliphatic rings. The minimum atomic E-state index is -0.982. The van der Waals surface area contributed by atoms with E-state index < -0.39 is 23.6 Å². The summed E-state index contributed by atoms with van der Waals surface area (Å²) in [5, 5.41) is 11.7. The Morgan fingerprint density at radius 1 is 1.25 bits per heavy atom. The van der Waals surface area contributed by atoms with Crippen LogP contribution < -0.4 is 5.32 Å². The number of halogens is 1. The van der Waals surface area contributed by atoms with E-state index in [4.69, 9.17) is 5.11 Å². The number of carbonyl (C=O) groups excluding carboxylic acids is 1. The summed E-state index contributed by atoms with van der Waals surface area (Å²) in [4.78, 5) is 23.3. The Labute approximate surface area is 116 Å². The van der Waals surface area contributed by atoms with Crippen LogP contribution in [0.1, 0.15) is 18.4 Å². The molecule has 106 valence electrons. The standard InChI is InChI=1S/C15H16FNO3/c1-9-6-7-10(8-13(9)16)17-14(18)11-4-2-3-5-12(11)15(19)20/h2-3,6-8,11-12H,4-5H2,1H3,(H,17,18)(H,19,20)/t11-,12-/m0/s1. The molecular weight excluding hydrogens is 261 g/mol. The van der Waals surface area contributed by atoms with Crippen LogP contribution >= 0.6 is 0 Å². The zero-order chi connectivity index (χ0) is 14.7. The van der Waals surface area contributed by atoms with Crippen LogP contribution in [0.2, 0.25) is 0 Å². The first-order valence-corrected chi connectivity index (χ1v) is 6.44. The third-order valence-electron chi connectivity index (χ3n) is 3.53. The predicted octanol–water partition coefficient (Wildman–Crippen LogP) is 2.74. The quantitative estimate of drug-likeness (QED) is 0.835. The van der Waals surface area contributed by atoms with Crippen molar-refractivity contribution in [3.05, 3.63) is 41.7 Å². The van der Waals surface area contributed by atoms with Crippen molar-refractivity contribution >= 4 is 17.6 Å². The Morgan fingerprint density at radius 3 is 2.50 bits per heavy atom. The number of rotatable bonds is 3. The highest BCUT2D eigenvalue weighted by Gasteiger charge is 2.33. The fraction of sp³-hybridized carbons (Fsp3) is 0.333. The number of carboxylic acids is 1. The Balaban J connectivity index is 2.12. The van der Waals surface area contributed by atoms with Crippen LogP contribution in [0.4, 0.5) is 10.1 Å². The monoisotopic (exact) mass is 277 g/mol. The third kappa shape index (κ3) is 3.04. The Morgan fingerprint density at radius 2 is 1.90 bits per heavy atom. The van der Waals surface area contributed by atoms with Crippen LogP contribution in [0.5, 0.6) is 0 Å². The lowest BCUT2D eigenvalue weighted by Crippen LogP contribution is -2.34. The molecule has 0 saturated heterocycles. The highest BCUT2D eigenvalue weighted by molar-refractivity contribution is 5.95. The van der Waals surface area contributed by atoms with Gasteiger partial charge in [0.05, 0.1) is 11.8 Å². The minimum Gasteiger partial charge on any atom is -0.481 e. The van der Waals surface area contributed by atoms with E-state index in [0.717, 1.165) is 0 Å². The lowest BCUT2D eigenvalue weighted by Gasteiger charge is -2.24.